The first-order valence-electron chi connectivity index (χ1n) is 5.52. The highest BCUT2D eigenvalue weighted by molar-refractivity contribution is 5.23. The maximum absolute atomic E-state index is 9.84. The minimum absolute atomic E-state index is 0.538. The van der Waals surface area contributed by atoms with Crippen molar-refractivity contribution in [1.82, 2.24) is 0 Å². The van der Waals surface area contributed by atoms with Crippen molar-refractivity contribution < 1.29 is 14.6 Å². The molecule has 0 bridgehead atoms. The first kappa shape index (κ1) is 13.2. The van der Waals surface area contributed by atoms with Gasteiger partial charge in [0.25, 0.3) is 0 Å². The van der Waals surface area contributed by atoms with Crippen molar-refractivity contribution in [2.75, 3.05) is 14.2 Å². The van der Waals surface area contributed by atoms with E-state index < -0.39 is 12.4 Å². The van der Waals surface area contributed by atoms with Crippen LogP contribution >= 0.6 is 0 Å². The van der Waals surface area contributed by atoms with Crippen LogP contribution in [0.5, 0.6) is 0 Å². The number of ether oxygens (including phenoxy) is 2. The smallest absolute Gasteiger partial charge is 0.183 e. The molecule has 0 aliphatic carbocycles. The summed E-state index contributed by atoms with van der Waals surface area (Å²) in [5.41, 5.74) is 2.39. The van der Waals surface area contributed by atoms with E-state index in [0.29, 0.717) is 6.42 Å². The van der Waals surface area contributed by atoms with Gasteiger partial charge in [-0.15, -0.1) is 0 Å². The molecular weight excluding hydrogens is 204 g/mol. The van der Waals surface area contributed by atoms with E-state index in [-0.39, 0.29) is 0 Å². The summed E-state index contributed by atoms with van der Waals surface area (Å²) in [6, 6.07) is 8.22. The topological polar surface area (TPSA) is 38.7 Å². The molecule has 1 rings (SSSR count). The molecule has 1 aromatic rings. The van der Waals surface area contributed by atoms with E-state index in [1.807, 2.05) is 12.1 Å². The monoisotopic (exact) mass is 224 g/mol. The van der Waals surface area contributed by atoms with Gasteiger partial charge in [-0.2, -0.15) is 0 Å². The van der Waals surface area contributed by atoms with Crippen LogP contribution in [0.4, 0.5) is 0 Å². The summed E-state index contributed by atoms with van der Waals surface area (Å²) in [6.45, 7) is 2.12. The largest absolute Gasteiger partial charge is 0.387 e. The van der Waals surface area contributed by atoms with Crippen molar-refractivity contribution in [1.29, 1.82) is 0 Å². The Bertz CT molecular complexity index is 291. The van der Waals surface area contributed by atoms with Crippen LogP contribution in [-0.4, -0.2) is 31.7 Å². The average Bonchev–Trinajstić information content (AvgIpc) is 2.31. The lowest BCUT2D eigenvalue weighted by Crippen LogP contribution is -2.31. The zero-order chi connectivity index (χ0) is 12.0. The maximum Gasteiger partial charge on any atom is 0.183 e. The van der Waals surface area contributed by atoms with Crippen LogP contribution in [0.25, 0.3) is 0 Å². The molecule has 0 heterocycles. The molecule has 0 spiro atoms. The molecule has 1 unspecified atom stereocenters. The highest BCUT2D eigenvalue weighted by Crippen LogP contribution is 2.10. The number of methoxy groups -OCH3 is 2. The van der Waals surface area contributed by atoms with Gasteiger partial charge in [0, 0.05) is 20.6 Å². The quantitative estimate of drug-likeness (QED) is 0.748. The van der Waals surface area contributed by atoms with Gasteiger partial charge >= 0.3 is 0 Å². The van der Waals surface area contributed by atoms with E-state index in [0.717, 1.165) is 12.0 Å². The molecule has 0 saturated heterocycles. The molecule has 0 fully saturated rings. The van der Waals surface area contributed by atoms with Crippen molar-refractivity contribution in [2.45, 2.75) is 32.2 Å². The van der Waals surface area contributed by atoms with E-state index >= 15 is 0 Å². The van der Waals surface area contributed by atoms with Gasteiger partial charge in [0.05, 0.1) is 0 Å². The fraction of sp³-hybridized carbons (Fsp3) is 0.538. The Morgan fingerprint density at radius 2 is 1.56 bits per heavy atom. The molecule has 0 aromatic heterocycles. The van der Waals surface area contributed by atoms with Crippen LogP contribution in [0, 0.1) is 0 Å². The number of hydrogen-bond donors (Lipinski definition) is 1. The standard InChI is InChI=1S/C13H20O3/c1-4-10-5-7-11(8-6-10)9-12(14)13(15-2)16-3/h5-8,12-14H,4,9H2,1-3H3. The van der Waals surface area contributed by atoms with E-state index in [1.165, 1.54) is 19.8 Å². The summed E-state index contributed by atoms with van der Waals surface area (Å²) >= 11 is 0. The molecule has 16 heavy (non-hydrogen) atoms. The van der Waals surface area contributed by atoms with Crippen LogP contribution in [0.3, 0.4) is 0 Å². The highest BCUT2D eigenvalue weighted by Gasteiger charge is 2.17. The molecule has 90 valence electrons. The van der Waals surface area contributed by atoms with Crippen molar-refractivity contribution in [3.63, 3.8) is 0 Å². The zero-order valence-electron chi connectivity index (χ0n) is 10.1. The van der Waals surface area contributed by atoms with Gasteiger partial charge in [0.15, 0.2) is 6.29 Å². The zero-order valence-corrected chi connectivity index (χ0v) is 10.1. The molecule has 0 aliphatic rings. The lowest BCUT2D eigenvalue weighted by atomic mass is 10.0. The summed E-state index contributed by atoms with van der Waals surface area (Å²) < 4.78 is 10.0. The number of aliphatic hydroxyl groups excluding tert-OH is 1. The first-order valence-corrected chi connectivity index (χ1v) is 5.52. The Labute approximate surface area is 97.0 Å². The van der Waals surface area contributed by atoms with Crippen molar-refractivity contribution in [3.8, 4) is 0 Å². The van der Waals surface area contributed by atoms with Gasteiger partial charge in [0.2, 0.25) is 0 Å². The predicted molar refractivity (Wildman–Crippen MR) is 63.3 cm³/mol. The minimum Gasteiger partial charge on any atom is -0.387 e. The van der Waals surface area contributed by atoms with Crippen LogP contribution in [0.1, 0.15) is 18.1 Å². The highest BCUT2D eigenvalue weighted by atomic mass is 16.7. The van der Waals surface area contributed by atoms with E-state index in [9.17, 15) is 5.11 Å². The Morgan fingerprint density at radius 1 is 1.06 bits per heavy atom. The molecule has 0 radical (unpaired) electrons. The second kappa shape index (κ2) is 6.63. The van der Waals surface area contributed by atoms with Crippen LogP contribution in [0.2, 0.25) is 0 Å². The van der Waals surface area contributed by atoms with Gasteiger partial charge in [-0.1, -0.05) is 31.2 Å². The number of aliphatic hydroxyl groups is 1. The Balaban J connectivity index is 2.58. The van der Waals surface area contributed by atoms with Gasteiger partial charge in [-0.05, 0) is 17.5 Å². The second-order valence-corrected chi connectivity index (χ2v) is 3.78. The lowest BCUT2D eigenvalue weighted by molar-refractivity contribution is -0.163. The third-order valence-corrected chi connectivity index (χ3v) is 2.65. The molecule has 0 amide bonds. The minimum atomic E-state index is -0.637. The van der Waals surface area contributed by atoms with E-state index in [2.05, 4.69) is 19.1 Å². The SMILES string of the molecule is CCc1ccc(CC(O)C(OC)OC)cc1. The first-order chi connectivity index (χ1) is 7.71. The second-order valence-electron chi connectivity index (χ2n) is 3.78. The third-order valence-electron chi connectivity index (χ3n) is 2.65. The van der Waals surface area contributed by atoms with Crippen molar-refractivity contribution in [2.24, 2.45) is 0 Å². The van der Waals surface area contributed by atoms with Crippen LogP contribution in [-0.2, 0) is 22.3 Å². The average molecular weight is 224 g/mol. The van der Waals surface area contributed by atoms with E-state index in [4.69, 9.17) is 9.47 Å². The number of hydrogen-bond acceptors (Lipinski definition) is 3. The van der Waals surface area contributed by atoms with Gasteiger partial charge < -0.3 is 14.6 Å². The summed E-state index contributed by atoms with van der Waals surface area (Å²) in [6.07, 6.45) is 0.367. The van der Waals surface area contributed by atoms with E-state index in [1.54, 1.807) is 0 Å². The summed E-state index contributed by atoms with van der Waals surface area (Å²) in [7, 11) is 3.05. The molecule has 0 saturated carbocycles. The number of benzene rings is 1. The molecular formula is C13H20O3. The molecule has 0 aliphatic heterocycles. The summed E-state index contributed by atoms with van der Waals surface area (Å²) in [5, 5.41) is 9.84. The Kier molecular flexibility index (Phi) is 5.46. The summed E-state index contributed by atoms with van der Waals surface area (Å²) in [5.74, 6) is 0. The van der Waals surface area contributed by atoms with Gasteiger partial charge in [-0.3, -0.25) is 0 Å². The molecule has 3 nitrogen and oxygen atoms in total. The number of aryl methyl sites for hydroxylation is 1. The molecule has 3 heteroatoms. The fourth-order valence-corrected chi connectivity index (χ4v) is 1.66. The fourth-order valence-electron chi connectivity index (χ4n) is 1.66. The number of rotatable bonds is 6. The van der Waals surface area contributed by atoms with Crippen molar-refractivity contribution in [3.05, 3.63) is 35.4 Å². The van der Waals surface area contributed by atoms with Crippen molar-refractivity contribution >= 4 is 0 Å². The third kappa shape index (κ3) is 3.59. The molecule has 1 N–H and O–H groups in total. The van der Waals surface area contributed by atoms with Crippen LogP contribution in [0.15, 0.2) is 24.3 Å². The predicted octanol–water partition coefficient (Wildman–Crippen LogP) is 1.77. The Hall–Kier alpha value is -0.900. The van der Waals surface area contributed by atoms with Crippen LogP contribution < -0.4 is 0 Å². The lowest BCUT2D eigenvalue weighted by Gasteiger charge is -2.19. The normalized spacial score (nSPS) is 13.1. The van der Waals surface area contributed by atoms with Gasteiger partial charge in [0.1, 0.15) is 6.10 Å². The molecule has 1 aromatic carbocycles. The Morgan fingerprint density at radius 3 is 2.00 bits per heavy atom. The summed E-state index contributed by atoms with van der Waals surface area (Å²) in [4.78, 5) is 0. The van der Waals surface area contributed by atoms with Gasteiger partial charge in [-0.25, -0.2) is 0 Å². The maximum atomic E-state index is 9.84. The molecule has 1 atom stereocenters.